The fourth-order valence-electron chi connectivity index (χ4n) is 2.91. The molecule has 27 heavy (non-hydrogen) atoms. The second-order valence-electron chi connectivity index (χ2n) is 6.18. The van der Waals surface area contributed by atoms with Crippen molar-refractivity contribution in [3.05, 3.63) is 51.5 Å². The number of aromatic nitrogens is 1. The van der Waals surface area contributed by atoms with Crippen LogP contribution in [0.3, 0.4) is 0 Å². The summed E-state index contributed by atoms with van der Waals surface area (Å²) < 4.78 is 5.03. The average Bonchev–Trinajstić information content (AvgIpc) is 3.20. The standard InChI is InChI=1S/C19H21N3O4S/c1-26-11-17-21-13(12-27-17)8-9-20-16(23)7-4-10-22-18(24)14-5-2-3-6-15(14)19(22)25/h2-3,5-6,12H,4,7-11H2,1H3,(H,20,23). The van der Waals surface area contributed by atoms with Crippen molar-refractivity contribution in [1.82, 2.24) is 15.2 Å². The number of amides is 3. The zero-order valence-electron chi connectivity index (χ0n) is 15.1. The molecule has 3 amide bonds. The van der Waals surface area contributed by atoms with Gasteiger partial charge in [-0.25, -0.2) is 4.98 Å². The number of ether oxygens (including phenoxy) is 1. The van der Waals surface area contributed by atoms with Crippen molar-refractivity contribution >= 4 is 29.1 Å². The number of hydrogen-bond donors (Lipinski definition) is 1. The maximum Gasteiger partial charge on any atom is 0.261 e. The number of benzene rings is 1. The van der Waals surface area contributed by atoms with Gasteiger partial charge < -0.3 is 10.1 Å². The lowest BCUT2D eigenvalue weighted by molar-refractivity contribution is -0.121. The molecule has 0 saturated heterocycles. The molecule has 7 nitrogen and oxygen atoms in total. The highest BCUT2D eigenvalue weighted by Gasteiger charge is 2.34. The second-order valence-corrected chi connectivity index (χ2v) is 7.12. The van der Waals surface area contributed by atoms with Crippen LogP contribution >= 0.6 is 11.3 Å². The second kappa shape index (κ2) is 8.88. The summed E-state index contributed by atoms with van der Waals surface area (Å²) in [6.45, 7) is 1.24. The molecule has 0 unspecified atom stereocenters. The average molecular weight is 387 g/mol. The number of methoxy groups -OCH3 is 1. The Hall–Kier alpha value is -2.58. The summed E-state index contributed by atoms with van der Waals surface area (Å²) >= 11 is 1.54. The monoisotopic (exact) mass is 387 g/mol. The minimum absolute atomic E-state index is 0.0982. The third-order valence-electron chi connectivity index (χ3n) is 4.23. The SMILES string of the molecule is COCc1nc(CCNC(=O)CCCN2C(=O)c3ccccc3C2=O)cs1. The molecule has 3 rings (SSSR count). The Kier molecular flexibility index (Phi) is 6.31. The van der Waals surface area contributed by atoms with Gasteiger partial charge in [-0.05, 0) is 18.6 Å². The van der Waals surface area contributed by atoms with Crippen LogP contribution < -0.4 is 5.32 Å². The van der Waals surface area contributed by atoms with Gasteiger partial charge in [0.2, 0.25) is 5.91 Å². The van der Waals surface area contributed by atoms with Gasteiger partial charge in [0.1, 0.15) is 5.01 Å². The number of imide groups is 1. The maximum atomic E-state index is 12.2. The smallest absolute Gasteiger partial charge is 0.261 e. The summed E-state index contributed by atoms with van der Waals surface area (Å²) in [5, 5.41) is 5.72. The van der Waals surface area contributed by atoms with Gasteiger partial charge in [0.25, 0.3) is 11.8 Å². The van der Waals surface area contributed by atoms with Crippen molar-refractivity contribution in [2.24, 2.45) is 0 Å². The summed E-state index contributed by atoms with van der Waals surface area (Å²) in [5.74, 6) is -0.670. The molecular formula is C19H21N3O4S. The van der Waals surface area contributed by atoms with Gasteiger partial charge in [-0.15, -0.1) is 11.3 Å². The van der Waals surface area contributed by atoms with E-state index in [0.717, 1.165) is 10.7 Å². The van der Waals surface area contributed by atoms with E-state index in [2.05, 4.69) is 10.3 Å². The van der Waals surface area contributed by atoms with E-state index in [9.17, 15) is 14.4 Å². The molecule has 0 radical (unpaired) electrons. The van der Waals surface area contributed by atoms with Crippen molar-refractivity contribution in [3.63, 3.8) is 0 Å². The number of rotatable bonds is 9. The van der Waals surface area contributed by atoms with Crippen molar-refractivity contribution in [1.29, 1.82) is 0 Å². The van der Waals surface area contributed by atoms with Crippen LogP contribution in [0.5, 0.6) is 0 Å². The fourth-order valence-corrected chi connectivity index (χ4v) is 3.71. The van der Waals surface area contributed by atoms with E-state index in [0.29, 0.717) is 37.1 Å². The predicted octanol–water partition coefficient (Wildman–Crippen LogP) is 2.02. The molecule has 142 valence electrons. The lowest BCUT2D eigenvalue weighted by Gasteiger charge is -2.13. The van der Waals surface area contributed by atoms with E-state index in [-0.39, 0.29) is 30.7 Å². The maximum absolute atomic E-state index is 12.2. The van der Waals surface area contributed by atoms with Crippen molar-refractivity contribution in [3.8, 4) is 0 Å². The van der Waals surface area contributed by atoms with Crippen LogP contribution in [0.15, 0.2) is 29.6 Å². The molecule has 2 heterocycles. The number of carbonyl (C=O) groups is 3. The lowest BCUT2D eigenvalue weighted by atomic mass is 10.1. The van der Waals surface area contributed by atoms with Crippen LogP contribution in [-0.2, 0) is 22.6 Å². The third-order valence-corrected chi connectivity index (χ3v) is 5.11. The molecule has 1 aromatic heterocycles. The van der Waals surface area contributed by atoms with E-state index >= 15 is 0 Å². The molecule has 2 aromatic rings. The van der Waals surface area contributed by atoms with Gasteiger partial charge in [0.05, 0.1) is 23.4 Å². The molecule has 0 saturated carbocycles. The highest BCUT2D eigenvalue weighted by atomic mass is 32.1. The van der Waals surface area contributed by atoms with E-state index < -0.39 is 0 Å². The van der Waals surface area contributed by atoms with Gasteiger partial charge in [-0.2, -0.15) is 0 Å². The van der Waals surface area contributed by atoms with Gasteiger partial charge >= 0.3 is 0 Å². The van der Waals surface area contributed by atoms with Crippen LogP contribution in [0.2, 0.25) is 0 Å². The van der Waals surface area contributed by atoms with Crippen molar-refractivity contribution < 1.29 is 19.1 Å². The van der Waals surface area contributed by atoms with E-state index in [1.807, 2.05) is 5.38 Å². The summed E-state index contributed by atoms with van der Waals surface area (Å²) in [6.07, 6.45) is 1.36. The Balaban J connectivity index is 1.37. The number of carbonyl (C=O) groups excluding carboxylic acids is 3. The lowest BCUT2D eigenvalue weighted by Crippen LogP contribution is -2.32. The molecule has 1 N–H and O–H groups in total. The Labute approximate surface area is 161 Å². The first kappa shape index (κ1) is 19.2. The molecule has 0 spiro atoms. The minimum Gasteiger partial charge on any atom is -0.378 e. The van der Waals surface area contributed by atoms with Crippen LogP contribution in [0.4, 0.5) is 0 Å². The van der Waals surface area contributed by atoms with Gasteiger partial charge in [0, 0.05) is 38.4 Å². The molecule has 0 fully saturated rings. The van der Waals surface area contributed by atoms with Crippen LogP contribution in [0.25, 0.3) is 0 Å². The van der Waals surface area contributed by atoms with E-state index in [1.54, 1.807) is 31.4 Å². The summed E-state index contributed by atoms with van der Waals surface area (Å²) in [7, 11) is 1.63. The molecule has 8 heteroatoms. The summed E-state index contributed by atoms with van der Waals surface area (Å²) in [6, 6.07) is 6.78. The van der Waals surface area contributed by atoms with E-state index in [4.69, 9.17) is 4.74 Å². The van der Waals surface area contributed by atoms with Crippen LogP contribution in [-0.4, -0.2) is 47.8 Å². The number of nitrogens with one attached hydrogen (secondary N) is 1. The molecular weight excluding hydrogens is 366 g/mol. The molecule has 1 aliphatic rings. The Morgan fingerprint density at radius 2 is 1.93 bits per heavy atom. The third kappa shape index (κ3) is 4.58. The number of nitrogens with zero attached hydrogens (tertiary/aromatic N) is 2. The molecule has 1 aliphatic heterocycles. The highest BCUT2D eigenvalue weighted by Crippen LogP contribution is 2.22. The molecule has 0 aliphatic carbocycles. The Morgan fingerprint density at radius 3 is 2.59 bits per heavy atom. The first-order valence-electron chi connectivity index (χ1n) is 8.74. The zero-order valence-corrected chi connectivity index (χ0v) is 15.9. The minimum atomic E-state index is -0.286. The first-order valence-corrected chi connectivity index (χ1v) is 9.62. The number of hydrogen-bond acceptors (Lipinski definition) is 6. The molecule has 0 atom stereocenters. The highest BCUT2D eigenvalue weighted by molar-refractivity contribution is 7.09. The fraction of sp³-hybridized carbons (Fsp3) is 0.368. The molecule has 1 aromatic carbocycles. The van der Waals surface area contributed by atoms with Crippen molar-refractivity contribution in [2.45, 2.75) is 25.9 Å². The number of fused-ring (bicyclic) bond motifs is 1. The summed E-state index contributed by atoms with van der Waals surface area (Å²) in [4.78, 5) is 42.1. The van der Waals surface area contributed by atoms with Crippen molar-refractivity contribution in [2.75, 3.05) is 20.2 Å². The van der Waals surface area contributed by atoms with Gasteiger partial charge in [-0.1, -0.05) is 12.1 Å². The largest absolute Gasteiger partial charge is 0.378 e. The topological polar surface area (TPSA) is 88.6 Å². The van der Waals surface area contributed by atoms with E-state index in [1.165, 1.54) is 16.2 Å². The first-order chi connectivity index (χ1) is 13.1. The van der Waals surface area contributed by atoms with Crippen LogP contribution in [0, 0.1) is 0 Å². The normalized spacial score (nSPS) is 13.1. The number of thiazole rings is 1. The Morgan fingerprint density at radius 1 is 1.22 bits per heavy atom. The quantitative estimate of drug-likeness (QED) is 0.665. The molecule has 0 bridgehead atoms. The van der Waals surface area contributed by atoms with Gasteiger partial charge in [-0.3, -0.25) is 19.3 Å². The zero-order chi connectivity index (χ0) is 19.2. The van der Waals surface area contributed by atoms with Crippen LogP contribution in [0.1, 0.15) is 44.3 Å². The van der Waals surface area contributed by atoms with Gasteiger partial charge in [0.15, 0.2) is 0 Å². The predicted molar refractivity (Wildman–Crippen MR) is 101 cm³/mol. The summed E-state index contributed by atoms with van der Waals surface area (Å²) in [5.41, 5.74) is 1.80. The Bertz CT molecular complexity index is 814.